The second kappa shape index (κ2) is 6.33. The van der Waals surface area contributed by atoms with Crippen LogP contribution in [0.25, 0.3) is 0 Å². The van der Waals surface area contributed by atoms with Gasteiger partial charge < -0.3 is 10.6 Å². The fraction of sp³-hybridized carbons (Fsp3) is 0.733. The van der Waals surface area contributed by atoms with Gasteiger partial charge in [0.25, 0.3) is 0 Å². The van der Waals surface area contributed by atoms with Gasteiger partial charge in [-0.3, -0.25) is 0 Å². The number of aromatic nitrogens is 2. The minimum absolute atomic E-state index is 0.561. The normalized spacial score (nSPS) is 19.8. The van der Waals surface area contributed by atoms with Gasteiger partial charge in [0.1, 0.15) is 0 Å². The molecule has 19 heavy (non-hydrogen) atoms. The lowest BCUT2D eigenvalue weighted by atomic mass is 9.98. The summed E-state index contributed by atoms with van der Waals surface area (Å²) in [5, 5.41) is 8.91. The minimum Gasteiger partial charge on any atom is -0.355 e. The van der Waals surface area contributed by atoms with Gasteiger partial charge in [-0.05, 0) is 37.2 Å². The van der Waals surface area contributed by atoms with E-state index in [9.17, 15) is 0 Å². The summed E-state index contributed by atoms with van der Waals surface area (Å²) in [7, 11) is 0. The fourth-order valence-electron chi connectivity index (χ4n) is 3.09. The zero-order chi connectivity index (χ0) is 13.8. The van der Waals surface area contributed by atoms with Crippen molar-refractivity contribution in [2.24, 2.45) is 11.7 Å². The third kappa shape index (κ3) is 2.89. The van der Waals surface area contributed by atoms with Gasteiger partial charge in [0, 0.05) is 25.2 Å². The third-order valence-electron chi connectivity index (χ3n) is 4.10. The molecule has 0 saturated carbocycles. The van der Waals surface area contributed by atoms with E-state index in [4.69, 9.17) is 5.73 Å². The average molecular weight is 262 g/mol. The van der Waals surface area contributed by atoms with Gasteiger partial charge in [0.2, 0.25) is 0 Å². The lowest BCUT2D eigenvalue weighted by Gasteiger charge is -2.33. The Balaban J connectivity index is 2.39. The van der Waals surface area contributed by atoms with E-state index in [1.54, 1.807) is 0 Å². The molecule has 106 valence electrons. The van der Waals surface area contributed by atoms with Crippen molar-refractivity contribution in [3.8, 4) is 0 Å². The topological polar surface area (TPSA) is 55.0 Å². The number of nitrogens with two attached hydrogens (primary N) is 1. The summed E-state index contributed by atoms with van der Waals surface area (Å²) in [6.45, 7) is 9.34. The molecular weight excluding hydrogens is 236 g/mol. The van der Waals surface area contributed by atoms with Crippen LogP contribution in [0.3, 0.4) is 0 Å². The molecule has 1 saturated heterocycles. The van der Waals surface area contributed by atoms with E-state index in [0.29, 0.717) is 6.54 Å². The van der Waals surface area contributed by atoms with Crippen molar-refractivity contribution >= 4 is 5.82 Å². The number of hydrogen-bond donors (Lipinski definition) is 1. The molecular formula is C15H26N4. The molecule has 0 amide bonds. The van der Waals surface area contributed by atoms with Crippen LogP contribution in [0.2, 0.25) is 0 Å². The number of aryl methyl sites for hydroxylation is 1. The maximum atomic E-state index is 6.00. The Morgan fingerprint density at radius 2 is 2.00 bits per heavy atom. The summed E-state index contributed by atoms with van der Waals surface area (Å²) in [5.41, 5.74) is 9.63. The molecule has 4 heteroatoms. The van der Waals surface area contributed by atoms with E-state index in [2.05, 4.69) is 35.9 Å². The van der Waals surface area contributed by atoms with Crippen LogP contribution < -0.4 is 10.6 Å². The van der Waals surface area contributed by atoms with E-state index in [0.717, 1.165) is 43.4 Å². The van der Waals surface area contributed by atoms with E-state index >= 15 is 0 Å². The maximum Gasteiger partial charge on any atom is 0.156 e. The van der Waals surface area contributed by atoms with Gasteiger partial charge in [0.15, 0.2) is 5.82 Å². The van der Waals surface area contributed by atoms with Crippen molar-refractivity contribution in [3.05, 3.63) is 16.8 Å². The van der Waals surface area contributed by atoms with Gasteiger partial charge in [-0.1, -0.05) is 20.8 Å². The Morgan fingerprint density at radius 3 is 2.58 bits per heavy atom. The zero-order valence-corrected chi connectivity index (χ0v) is 12.4. The highest BCUT2D eigenvalue weighted by molar-refractivity contribution is 5.51. The SMILES string of the molecule is CCc1nnc(N2CCCC(C)C2)c(CN)c1CC. The number of anilines is 1. The van der Waals surface area contributed by atoms with Gasteiger partial charge in [-0.2, -0.15) is 5.10 Å². The zero-order valence-electron chi connectivity index (χ0n) is 12.4. The first kappa shape index (κ1) is 14.3. The van der Waals surface area contributed by atoms with E-state index < -0.39 is 0 Å². The molecule has 2 rings (SSSR count). The third-order valence-corrected chi connectivity index (χ3v) is 4.10. The monoisotopic (exact) mass is 262 g/mol. The van der Waals surface area contributed by atoms with Crippen molar-refractivity contribution in [2.75, 3.05) is 18.0 Å². The van der Waals surface area contributed by atoms with Crippen LogP contribution in [-0.2, 0) is 19.4 Å². The molecule has 1 aliphatic rings. The van der Waals surface area contributed by atoms with Crippen LogP contribution in [0.1, 0.15) is 50.4 Å². The molecule has 1 unspecified atom stereocenters. The summed E-state index contributed by atoms with van der Waals surface area (Å²) in [4.78, 5) is 2.38. The highest BCUT2D eigenvalue weighted by atomic mass is 15.3. The minimum atomic E-state index is 0.561. The Morgan fingerprint density at radius 1 is 1.21 bits per heavy atom. The van der Waals surface area contributed by atoms with Crippen molar-refractivity contribution in [1.29, 1.82) is 0 Å². The largest absolute Gasteiger partial charge is 0.355 e. The molecule has 0 radical (unpaired) electrons. The lowest BCUT2D eigenvalue weighted by Crippen LogP contribution is -2.36. The number of nitrogens with zero attached hydrogens (tertiary/aromatic N) is 3. The molecule has 1 aliphatic heterocycles. The molecule has 0 spiro atoms. The molecule has 0 aromatic carbocycles. The van der Waals surface area contributed by atoms with E-state index in [1.165, 1.54) is 24.0 Å². The van der Waals surface area contributed by atoms with Crippen LogP contribution in [0.4, 0.5) is 5.82 Å². The first-order valence-electron chi connectivity index (χ1n) is 7.53. The van der Waals surface area contributed by atoms with Crippen LogP contribution in [0.5, 0.6) is 0 Å². The summed E-state index contributed by atoms with van der Waals surface area (Å²) in [6.07, 6.45) is 4.47. The molecule has 1 aromatic heterocycles. The second-order valence-corrected chi connectivity index (χ2v) is 5.53. The predicted octanol–water partition coefficient (Wildman–Crippen LogP) is 2.30. The highest BCUT2D eigenvalue weighted by Crippen LogP contribution is 2.27. The molecule has 2 heterocycles. The smallest absolute Gasteiger partial charge is 0.156 e. The molecule has 1 aromatic rings. The molecule has 0 aliphatic carbocycles. The standard InChI is InChI=1S/C15H26N4/c1-4-12-13(9-16)15(18-17-14(12)5-2)19-8-6-7-11(3)10-19/h11H,4-10,16H2,1-3H3. The Kier molecular flexibility index (Phi) is 4.75. The summed E-state index contributed by atoms with van der Waals surface area (Å²) in [5.74, 6) is 1.76. The lowest BCUT2D eigenvalue weighted by molar-refractivity contribution is 0.442. The van der Waals surface area contributed by atoms with Crippen molar-refractivity contribution in [1.82, 2.24) is 10.2 Å². The van der Waals surface area contributed by atoms with Gasteiger partial charge in [0.05, 0.1) is 5.69 Å². The van der Waals surface area contributed by atoms with Gasteiger partial charge in [-0.15, -0.1) is 5.10 Å². The number of piperidine rings is 1. The molecule has 2 N–H and O–H groups in total. The van der Waals surface area contributed by atoms with E-state index in [-0.39, 0.29) is 0 Å². The summed E-state index contributed by atoms with van der Waals surface area (Å²) in [6, 6.07) is 0. The second-order valence-electron chi connectivity index (χ2n) is 5.53. The van der Waals surface area contributed by atoms with Crippen LogP contribution in [0.15, 0.2) is 0 Å². The van der Waals surface area contributed by atoms with Crippen molar-refractivity contribution < 1.29 is 0 Å². The Bertz CT molecular complexity index is 430. The summed E-state index contributed by atoms with van der Waals surface area (Å²) < 4.78 is 0. The van der Waals surface area contributed by atoms with Crippen molar-refractivity contribution in [3.63, 3.8) is 0 Å². The fourth-order valence-corrected chi connectivity index (χ4v) is 3.09. The maximum absolute atomic E-state index is 6.00. The molecule has 1 fully saturated rings. The number of hydrogen-bond acceptors (Lipinski definition) is 4. The predicted molar refractivity (Wildman–Crippen MR) is 79.3 cm³/mol. The first-order valence-corrected chi connectivity index (χ1v) is 7.53. The average Bonchev–Trinajstić information content (AvgIpc) is 2.45. The van der Waals surface area contributed by atoms with Gasteiger partial charge in [-0.25, -0.2) is 0 Å². The summed E-state index contributed by atoms with van der Waals surface area (Å²) >= 11 is 0. The Hall–Kier alpha value is -1.16. The quantitative estimate of drug-likeness (QED) is 0.904. The van der Waals surface area contributed by atoms with E-state index in [1.807, 2.05) is 0 Å². The molecule has 1 atom stereocenters. The molecule has 4 nitrogen and oxygen atoms in total. The van der Waals surface area contributed by atoms with Crippen LogP contribution >= 0.6 is 0 Å². The van der Waals surface area contributed by atoms with Crippen LogP contribution in [0, 0.1) is 5.92 Å². The van der Waals surface area contributed by atoms with Crippen LogP contribution in [-0.4, -0.2) is 23.3 Å². The van der Waals surface area contributed by atoms with Crippen molar-refractivity contribution in [2.45, 2.75) is 53.0 Å². The molecule has 0 bridgehead atoms. The number of rotatable bonds is 4. The Labute approximate surface area is 116 Å². The van der Waals surface area contributed by atoms with Gasteiger partial charge >= 0.3 is 0 Å². The first-order chi connectivity index (χ1) is 9.21. The highest BCUT2D eigenvalue weighted by Gasteiger charge is 2.22.